The summed E-state index contributed by atoms with van der Waals surface area (Å²) < 4.78 is 44.7. The molecule has 30 heavy (non-hydrogen) atoms. The number of nitrogens with one attached hydrogen (secondary N) is 2. The van der Waals surface area contributed by atoms with Gasteiger partial charge in [0.25, 0.3) is 0 Å². The van der Waals surface area contributed by atoms with Gasteiger partial charge in [0.2, 0.25) is 11.8 Å². The van der Waals surface area contributed by atoms with Gasteiger partial charge in [-0.25, -0.2) is 18.0 Å². The number of hydrogen-bond donors (Lipinski definition) is 2. The number of hydrogen-bond acceptors (Lipinski definition) is 6. The molecule has 1 heterocycles. The van der Waals surface area contributed by atoms with Crippen molar-refractivity contribution in [2.75, 3.05) is 37.4 Å². The Labute approximate surface area is 174 Å². The number of carbonyl (C=O) groups excluding carboxylic acids is 3. The number of halogens is 3. The summed E-state index contributed by atoms with van der Waals surface area (Å²) in [7, 11) is 1.23. The van der Waals surface area contributed by atoms with E-state index in [0.29, 0.717) is 24.7 Å². The Morgan fingerprint density at radius 1 is 1.00 bits per heavy atom. The normalized spacial score (nSPS) is 10.7. The maximum atomic E-state index is 13.7. The van der Waals surface area contributed by atoms with Crippen molar-refractivity contribution < 1.29 is 32.3 Å². The summed E-state index contributed by atoms with van der Waals surface area (Å²) in [6.45, 7) is 1.74. The van der Waals surface area contributed by atoms with Crippen molar-refractivity contribution in [3.05, 3.63) is 45.9 Å². The van der Waals surface area contributed by atoms with Crippen molar-refractivity contribution in [1.82, 2.24) is 4.90 Å². The van der Waals surface area contributed by atoms with E-state index >= 15 is 0 Å². The Hall–Kier alpha value is -2.92. The number of rotatable bonds is 9. The van der Waals surface area contributed by atoms with E-state index in [1.165, 1.54) is 12.0 Å². The molecule has 0 saturated heterocycles. The summed E-state index contributed by atoms with van der Waals surface area (Å²) >= 11 is 1.11. The molecule has 0 saturated carbocycles. The Morgan fingerprint density at radius 3 is 2.23 bits per heavy atom. The zero-order chi connectivity index (χ0) is 22.3. The second-order valence-electron chi connectivity index (χ2n) is 6.18. The Kier molecular flexibility index (Phi) is 8.36. The van der Waals surface area contributed by atoms with Crippen molar-refractivity contribution in [1.29, 1.82) is 0 Å². The lowest BCUT2D eigenvalue weighted by Gasteiger charge is -2.20. The maximum Gasteiger partial charge on any atom is 0.350 e. The van der Waals surface area contributed by atoms with Crippen LogP contribution in [0.5, 0.6) is 0 Å². The van der Waals surface area contributed by atoms with E-state index in [-0.39, 0.29) is 18.0 Å². The fourth-order valence-electron chi connectivity index (χ4n) is 2.60. The average molecular weight is 443 g/mol. The molecule has 0 radical (unpaired) electrons. The molecule has 2 rings (SSSR count). The van der Waals surface area contributed by atoms with Crippen LogP contribution in [0.4, 0.5) is 24.5 Å². The third kappa shape index (κ3) is 6.04. The zero-order valence-electron chi connectivity index (χ0n) is 16.3. The molecule has 2 aromatic rings. The van der Waals surface area contributed by atoms with Crippen LogP contribution in [-0.2, 0) is 14.3 Å². The lowest BCUT2D eigenvalue weighted by atomic mass is 10.2. The van der Waals surface area contributed by atoms with Crippen LogP contribution < -0.4 is 10.6 Å². The predicted molar refractivity (Wildman–Crippen MR) is 106 cm³/mol. The lowest BCUT2D eigenvalue weighted by molar-refractivity contribution is -0.120. The molecule has 0 aliphatic rings. The number of thiophene rings is 1. The first-order valence-electron chi connectivity index (χ1n) is 8.88. The fourth-order valence-corrected chi connectivity index (χ4v) is 3.36. The first kappa shape index (κ1) is 23.4. The van der Waals surface area contributed by atoms with Crippen molar-refractivity contribution in [3.63, 3.8) is 0 Å². The minimum Gasteiger partial charge on any atom is -0.465 e. The minimum atomic E-state index is -1.69. The summed E-state index contributed by atoms with van der Waals surface area (Å²) in [5, 5.41) is 6.37. The van der Waals surface area contributed by atoms with Gasteiger partial charge in [0.05, 0.1) is 31.6 Å². The standard InChI is InChI=1S/C19H20F3N3O4S/c1-3-7-25(9-14(26)23-12-5-4-11(20)16(21)17(12)22)10-15(27)24-13-6-8-30-18(13)19(28)29-2/h4-6,8H,3,7,9-10H2,1-2H3,(H,23,26)(H,24,27). The van der Waals surface area contributed by atoms with Crippen LogP contribution in [0.1, 0.15) is 23.0 Å². The van der Waals surface area contributed by atoms with Gasteiger partial charge < -0.3 is 15.4 Å². The van der Waals surface area contributed by atoms with Crippen LogP contribution in [0.25, 0.3) is 0 Å². The SMILES string of the molecule is CCCN(CC(=O)Nc1ccsc1C(=O)OC)CC(=O)Nc1ccc(F)c(F)c1F. The van der Waals surface area contributed by atoms with E-state index in [1.54, 1.807) is 11.4 Å². The zero-order valence-corrected chi connectivity index (χ0v) is 17.1. The Balaban J connectivity index is 1.99. The molecule has 7 nitrogen and oxygen atoms in total. The van der Waals surface area contributed by atoms with E-state index in [0.717, 1.165) is 17.4 Å². The van der Waals surface area contributed by atoms with E-state index in [4.69, 9.17) is 0 Å². The molecule has 0 fully saturated rings. The largest absolute Gasteiger partial charge is 0.465 e. The van der Waals surface area contributed by atoms with Crippen LogP contribution in [0, 0.1) is 17.5 Å². The van der Waals surface area contributed by atoms with Gasteiger partial charge in [-0.2, -0.15) is 0 Å². The van der Waals surface area contributed by atoms with Gasteiger partial charge in [0, 0.05) is 0 Å². The van der Waals surface area contributed by atoms with Gasteiger partial charge in [-0.3, -0.25) is 14.5 Å². The number of amides is 2. The molecule has 0 unspecified atom stereocenters. The van der Waals surface area contributed by atoms with Gasteiger partial charge in [-0.15, -0.1) is 11.3 Å². The molecule has 0 aliphatic carbocycles. The molecule has 2 N–H and O–H groups in total. The van der Waals surface area contributed by atoms with Gasteiger partial charge in [-0.05, 0) is 36.5 Å². The van der Waals surface area contributed by atoms with Gasteiger partial charge >= 0.3 is 5.97 Å². The number of carbonyl (C=O) groups is 3. The molecule has 0 atom stereocenters. The van der Waals surface area contributed by atoms with Crippen LogP contribution in [0.15, 0.2) is 23.6 Å². The first-order valence-corrected chi connectivity index (χ1v) is 9.76. The van der Waals surface area contributed by atoms with Crippen molar-refractivity contribution >= 4 is 40.5 Å². The molecule has 0 spiro atoms. The maximum absolute atomic E-state index is 13.7. The van der Waals surface area contributed by atoms with Crippen LogP contribution in [-0.4, -0.2) is 49.4 Å². The number of anilines is 2. The second kappa shape index (κ2) is 10.7. The predicted octanol–water partition coefficient (Wildman–Crippen LogP) is 3.24. The summed E-state index contributed by atoms with van der Waals surface area (Å²) in [4.78, 5) is 38.0. The molecule has 2 amide bonds. The van der Waals surface area contributed by atoms with Gasteiger partial charge in [-0.1, -0.05) is 6.92 Å². The molecule has 0 aliphatic heterocycles. The summed E-state index contributed by atoms with van der Waals surface area (Å²) in [6, 6.07) is 3.16. The van der Waals surface area contributed by atoms with Crippen LogP contribution in [0.2, 0.25) is 0 Å². The molecule has 0 bridgehead atoms. The molecule has 1 aromatic heterocycles. The number of benzene rings is 1. The summed E-state index contributed by atoms with van der Waals surface area (Å²) in [5.41, 5.74) is -0.206. The molecule has 11 heteroatoms. The quantitative estimate of drug-likeness (QED) is 0.459. The summed E-state index contributed by atoms with van der Waals surface area (Å²) in [6.07, 6.45) is 0.617. The number of nitrogens with zero attached hydrogens (tertiary/aromatic N) is 1. The highest BCUT2D eigenvalue weighted by atomic mass is 32.1. The Bertz CT molecular complexity index is 936. The highest BCUT2D eigenvalue weighted by Gasteiger charge is 2.20. The van der Waals surface area contributed by atoms with Crippen molar-refractivity contribution in [2.45, 2.75) is 13.3 Å². The fraction of sp³-hybridized carbons (Fsp3) is 0.316. The smallest absolute Gasteiger partial charge is 0.350 e. The lowest BCUT2D eigenvalue weighted by Crippen LogP contribution is -2.39. The number of esters is 1. The third-order valence-electron chi connectivity index (χ3n) is 3.89. The monoisotopic (exact) mass is 443 g/mol. The topological polar surface area (TPSA) is 87.7 Å². The number of ether oxygens (including phenoxy) is 1. The minimum absolute atomic E-state index is 0.183. The van der Waals surface area contributed by atoms with Crippen molar-refractivity contribution in [3.8, 4) is 0 Å². The van der Waals surface area contributed by atoms with Gasteiger partial charge in [0.15, 0.2) is 17.5 Å². The molecule has 162 valence electrons. The van der Waals surface area contributed by atoms with Crippen molar-refractivity contribution in [2.24, 2.45) is 0 Å². The first-order chi connectivity index (χ1) is 14.3. The van der Waals surface area contributed by atoms with Gasteiger partial charge in [0.1, 0.15) is 4.88 Å². The van der Waals surface area contributed by atoms with Crippen LogP contribution >= 0.6 is 11.3 Å². The Morgan fingerprint density at radius 2 is 1.63 bits per heavy atom. The van der Waals surface area contributed by atoms with E-state index in [2.05, 4.69) is 15.4 Å². The molecule has 1 aromatic carbocycles. The highest BCUT2D eigenvalue weighted by molar-refractivity contribution is 7.12. The average Bonchev–Trinajstić information content (AvgIpc) is 3.15. The van der Waals surface area contributed by atoms with E-state index < -0.39 is 40.9 Å². The van der Waals surface area contributed by atoms with E-state index in [1.807, 2.05) is 6.92 Å². The molecular weight excluding hydrogens is 423 g/mol. The number of methoxy groups -OCH3 is 1. The molecular formula is C19H20F3N3O4S. The second-order valence-corrected chi connectivity index (χ2v) is 7.10. The highest BCUT2D eigenvalue weighted by Crippen LogP contribution is 2.23. The third-order valence-corrected chi connectivity index (χ3v) is 4.79. The van der Waals surface area contributed by atoms with Crippen LogP contribution in [0.3, 0.4) is 0 Å². The summed E-state index contributed by atoms with van der Waals surface area (Å²) in [5.74, 6) is -6.32. The van der Waals surface area contributed by atoms with E-state index in [9.17, 15) is 27.6 Å².